The summed E-state index contributed by atoms with van der Waals surface area (Å²) in [7, 11) is 3.17. The zero-order valence-corrected chi connectivity index (χ0v) is 16.3. The fourth-order valence-electron chi connectivity index (χ4n) is 2.56. The van der Waals surface area contributed by atoms with Crippen LogP contribution in [0.3, 0.4) is 0 Å². The summed E-state index contributed by atoms with van der Waals surface area (Å²) in [5.74, 6) is -0.206. The van der Waals surface area contributed by atoms with E-state index in [1.807, 2.05) is 0 Å². The number of nitrogens with one attached hydrogen (secondary N) is 3. The molecule has 2 aromatic rings. The first-order valence-electron chi connectivity index (χ1n) is 8.84. The van der Waals surface area contributed by atoms with Crippen molar-refractivity contribution in [3.05, 3.63) is 54.1 Å². The molecule has 0 fully saturated rings. The molecule has 0 aromatic heterocycles. The highest BCUT2D eigenvalue weighted by atomic mass is 19.4. The van der Waals surface area contributed by atoms with Crippen LogP contribution in [0.15, 0.2) is 48.5 Å². The second-order valence-electron chi connectivity index (χ2n) is 6.59. The van der Waals surface area contributed by atoms with Gasteiger partial charge in [-0.15, -0.1) is 0 Å². The SMILES string of the molecule is COc1cccc(NC(=O)C[NH+](C)[C@@H](C)C(=O)Nc2cccc(C(F)(F)F)c2)c1. The first kappa shape index (κ1) is 22.2. The van der Waals surface area contributed by atoms with Crippen LogP contribution in [-0.2, 0) is 15.8 Å². The molecule has 0 aliphatic heterocycles. The summed E-state index contributed by atoms with van der Waals surface area (Å²) in [6, 6.07) is 10.6. The summed E-state index contributed by atoms with van der Waals surface area (Å²) in [5, 5.41) is 5.18. The van der Waals surface area contributed by atoms with Gasteiger partial charge in [-0.2, -0.15) is 13.2 Å². The quantitative estimate of drug-likeness (QED) is 0.655. The van der Waals surface area contributed by atoms with Crippen LogP contribution in [0.5, 0.6) is 5.75 Å². The van der Waals surface area contributed by atoms with Crippen LogP contribution in [0, 0.1) is 0 Å². The Labute approximate surface area is 166 Å². The first-order valence-corrected chi connectivity index (χ1v) is 8.84. The molecular formula is C20H23F3N3O3+. The minimum Gasteiger partial charge on any atom is -0.497 e. The number of quaternary nitrogens is 1. The molecule has 29 heavy (non-hydrogen) atoms. The van der Waals surface area contributed by atoms with Crippen LogP contribution in [0.4, 0.5) is 24.5 Å². The Hall–Kier alpha value is -3.07. The predicted octanol–water partition coefficient (Wildman–Crippen LogP) is 2.19. The fraction of sp³-hybridized carbons (Fsp3) is 0.300. The van der Waals surface area contributed by atoms with Crippen molar-refractivity contribution in [1.82, 2.24) is 0 Å². The number of likely N-dealkylation sites (N-methyl/N-ethyl adjacent to an activating group) is 1. The molecule has 0 radical (unpaired) electrons. The maximum Gasteiger partial charge on any atom is 0.416 e. The van der Waals surface area contributed by atoms with Crippen LogP contribution in [0.25, 0.3) is 0 Å². The predicted molar refractivity (Wildman–Crippen MR) is 103 cm³/mol. The molecular weight excluding hydrogens is 387 g/mol. The average molecular weight is 410 g/mol. The van der Waals surface area contributed by atoms with Crippen molar-refractivity contribution in [3.8, 4) is 5.75 Å². The van der Waals surface area contributed by atoms with Gasteiger partial charge in [-0.05, 0) is 37.3 Å². The Morgan fingerprint density at radius 3 is 2.31 bits per heavy atom. The molecule has 156 valence electrons. The van der Waals surface area contributed by atoms with E-state index in [2.05, 4.69) is 10.6 Å². The van der Waals surface area contributed by atoms with E-state index < -0.39 is 23.7 Å². The molecule has 0 saturated heterocycles. The van der Waals surface area contributed by atoms with E-state index in [0.717, 1.165) is 12.1 Å². The number of benzene rings is 2. The zero-order chi connectivity index (χ0) is 21.6. The molecule has 1 unspecified atom stereocenters. The van der Waals surface area contributed by atoms with E-state index in [-0.39, 0.29) is 18.1 Å². The van der Waals surface area contributed by atoms with E-state index >= 15 is 0 Å². The first-order chi connectivity index (χ1) is 13.6. The summed E-state index contributed by atoms with van der Waals surface area (Å²) in [5.41, 5.74) is -0.241. The lowest BCUT2D eigenvalue weighted by atomic mass is 10.2. The van der Waals surface area contributed by atoms with E-state index in [0.29, 0.717) is 16.3 Å². The molecule has 0 aliphatic carbocycles. The van der Waals surface area contributed by atoms with Gasteiger partial charge in [-0.3, -0.25) is 9.59 Å². The summed E-state index contributed by atoms with van der Waals surface area (Å²) in [6.07, 6.45) is -4.49. The van der Waals surface area contributed by atoms with Crippen LogP contribution < -0.4 is 20.3 Å². The van der Waals surface area contributed by atoms with Gasteiger partial charge in [0, 0.05) is 17.4 Å². The zero-order valence-electron chi connectivity index (χ0n) is 16.3. The Morgan fingerprint density at radius 2 is 1.69 bits per heavy atom. The van der Waals surface area contributed by atoms with Crippen molar-refractivity contribution in [3.63, 3.8) is 0 Å². The number of methoxy groups -OCH3 is 1. The molecule has 0 aliphatic rings. The Bertz CT molecular complexity index is 871. The number of halogens is 3. The lowest BCUT2D eigenvalue weighted by Crippen LogP contribution is -3.14. The van der Waals surface area contributed by atoms with E-state index in [9.17, 15) is 22.8 Å². The molecule has 3 N–H and O–H groups in total. The molecule has 9 heteroatoms. The normalized spacial score (nSPS) is 13.3. The van der Waals surface area contributed by atoms with Gasteiger partial charge in [0.15, 0.2) is 12.6 Å². The van der Waals surface area contributed by atoms with Crippen molar-refractivity contribution in [2.75, 3.05) is 31.3 Å². The molecule has 2 aromatic carbocycles. The molecule has 2 rings (SSSR count). The van der Waals surface area contributed by atoms with Crippen molar-refractivity contribution < 1.29 is 32.4 Å². The Morgan fingerprint density at radius 1 is 1.07 bits per heavy atom. The topological polar surface area (TPSA) is 71.9 Å². The monoisotopic (exact) mass is 410 g/mol. The highest BCUT2D eigenvalue weighted by molar-refractivity contribution is 5.94. The third kappa shape index (κ3) is 6.49. The summed E-state index contributed by atoms with van der Waals surface area (Å²) in [4.78, 5) is 25.2. The van der Waals surface area contributed by atoms with Gasteiger partial charge in [0.25, 0.3) is 11.8 Å². The van der Waals surface area contributed by atoms with Gasteiger partial charge >= 0.3 is 6.18 Å². The van der Waals surface area contributed by atoms with Gasteiger partial charge in [-0.1, -0.05) is 12.1 Å². The summed E-state index contributed by atoms with van der Waals surface area (Å²) in [6.45, 7) is 1.59. The van der Waals surface area contributed by atoms with Crippen LogP contribution in [-0.4, -0.2) is 38.6 Å². The highest BCUT2D eigenvalue weighted by Gasteiger charge is 2.31. The molecule has 2 amide bonds. The number of anilines is 2. The standard InChI is InChI=1S/C20H22F3N3O3/c1-13(19(28)25-15-7-4-6-14(10-15)20(21,22)23)26(2)12-18(27)24-16-8-5-9-17(11-16)29-3/h4-11,13H,12H2,1-3H3,(H,24,27)(H,25,28)/p+1/t13-/m0/s1. The van der Waals surface area contributed by atoms with Crippen molar-refractivity contribution in [1.29, 1.82) is 0 Å². The third-order valence-corrected chi connectivity index (χ3v) is 4.38. The third-order valence-electron chi connectivity index (χ3n) is 4.38. The van der Waals surface area contributed by atoms with Gasteiger partial charge in [0.05, 0.1) is 19.7 Å². The number of amides is 2. The fourth-order valence-corrected chi connectivity index (χ4v) is 2.56. The van der Waals surface area contributed by atoms with Gasteiger partial charge in [0.1, 0.15) is 5.75 Å². The number of hydrogen-bond donors (Lipinski definition) is 3. The lowest BCUT2D eigenvalue weighted by Gasteiger charge is -2.21. The minimum absolute atomic E-state index is 0.00557. The van der Waals surface area contributed by atoms with Crippen LogP contribution >= 0.6 is 0 Å². The number of ether oxygens (including phenoxy) is 1. The highest BCUT2D eigenvalue weighted by Crippen LogP contribution is 2.30. The second kappa shape index (κ2) is 9.42. The van der Waals surface area contributed by atoms with Gasteiger partial charge < -0.3 is 20.3 Å². The van der Waals surface area contributed by atoms with Crippen molar-refractivity contribution >= 4 is 23.2 Å². The Kier molecular flexibility index (Phi) is 7.22. The van der Waals surface area contributed by atoms with E-state index in [1.165, 1.54) is 19.2 Å². The number of rotatable bonds is 7. The largest absolute Gasteiger partial charge is 0.497 e. The van der Waals surface area contributed by atoms with Crippen LogP contribution in [0.2, 0.25) is 0 Å². The van der Waals surface area contributed by atoms with Gasteiger partial charge in [-0.25, -0.2) is 0 Å². The maximum atomic E-state index is 12.8. The van der Waals surface area contributed by atoms with Crippen LogP contribution in [0.1, 0.15) is 12.5 Å². The molecule has 0 bridgehead atoms. The second-order valence-corrected chi connectivity index (χ2v) is 6.59. The van der Waals surface area contributed by atoms with Crippen molar-refractivity contribution in [2.24, 2.45) is 0 Å². The Balaban J connectivity index is 1.94. The summed E-state index contributed by atoms with van der Waals surface area (Å²) >= 11 is 0. The molecule has 0 saturated carbocycles. The average Bonchev–Trinajstić information content (AvgIpc) is 2.66. The molecule has 6 nitrogen and oxygen atoms in total. The minimum atomic E-state index is -4.49. The van der Waals surface area contributed by atoms with E-state index in [1.54, 1.807) is 38.2 Å². The maximum absolute atomic E-state index is 12.8. The number of hydrogen-bond acceptors (Lipinski definition) is 3. The molecule has 0 spiro atoms. The molecule has 0 heterocycles. The lowest BCUT2D eigenvalue weighted by molar-refractivity contribution is -0.885. The number of alkyl halides is 3. The van der Waals surface area contributed by atoms with Crippen molar-refractivity contribution in [2.45, 2.75) is 19.1 Å². The molecule has 2 atom stereocenters. The number of carbonyl (C=O) groups excluding carboxylic acids is 2. The summed E-state index contributed by atoms with van der Waals surface area (Å²) < 4.78 is 43.5. The smallest absolute Gasteiger partial charge is 0.416 e. The van der Waals surface area contributed by atoms with Gasteiger partial charge in [0.2, 0.25) is 0 Å². The number of carbonyl (C=O) groups is 2. The van der Waals surface area contributed by atoms with E-state index in [4.69, 9.17) is 4.74 Å².